The average Bonchev–Trinajstić information content (AvgIpc) is 2.36. The van der Waals surface area contributed by atoms with Crippen LogP contribution in [0.1, 0.15) is 39.2 Å². The lowest BCUT2D eigenvalue weighted by molar-refractivity contribution is 0.206. The first-order valence-corrected chi connectivity index (χ1v) is 8.21. The van der Waals surface area contributed by atoms with Crippen molar-refractivity contribution in [3.05, 3.63) is 46.0 Å². The number of hydrogen-bond donors (Lipinski definition) is 1. The molecule has 1 atom stereocenters. The van der Waals surface area contributed by atoms with Gasteiger partial charge >= 0.3 is 0 Å². The van der Waals surface area contributed by atoms with Crippen molar-refractivity contribution in [1.82, 2.24) is 0 Å². The highest BCUT2D eigenvalue weighted by Gasteiger charge is 2.26. The summed E-state index contributed by atoms with van der Waals surface area (Å²) in [5.74, 6) is 0. The summed E-state index contributed by atoms with van der Waals surface area (Å²) in [5, 5.41) is 10.1. The van der Waals surface area contributed by atoms with Gasteiger partial charge < -0.3 is 5.11 Å². The van der Waals surface area contributed by atoms with Crippen molar-refractivity contribution in [3.8, 4) is 0 Å². The first-order valence-electron chi connectivity index (χ1n) is 6.73. The van der Waals surface area contributed by atoms with Crippen LogP contribution in [0.4, 0.5) is 0 Å². The van der Waals surface area contributed by atoms with Gasteiger partial charge in [-0.3, -0.25) is 0 Å². The van der Waals surface area contributed by atoms with Crippen molar-refractivity contribution in [2.24, 2.45) is 0 Å². The predicted molar refractivity (Wildman–Crippen MR) is 81.2 cm³/mol. The lowest BCUT2D eigenvalue weighted by Gasteiger charge is -2.13. The molecule has 0 saturated carbocycles. The highest BCUT2D eigenvalue weighted by Crippen LogP contribution is 2.24. The second-order valence-corrected chi connectivity index (χ2v) is 7.03. The van der Waals surface area contributed by atoms with Gasteiger partial charge in [0.1, 0.15) is 4.91 Å². The van der Waals surface area contributed by atoms with Crippen LogP contribution in [-0.2, 0) is 9.84 Å². The maximum Gasteiger partial charge on any atom is 0.212 e. The standard InChI is InChI=1S/C16H22O3S/c1-5-6-15(17)16(11-12(2)3)20(18,19)14-9-7-13(4)8-10-14/h7-10,15,17H,5-6H2,1-4H3. The molecule has 1 unspecified atom stereocenters. The van der Waals surface area contributed by atoms with Gasteiger partial charge in [-0.2, -0.15) is 0 Å². The van der Waals surface area contributed by atoms with E-state index in [1.54, 1.807) is 38.1 Å². The Balaban J connectivity index is 3.40. The minimum atomic E-state index is -3.70. The van der Waals surface area contributed by atoms with Crippen LogP contribution in [0.15, 0.2) is 45.4 Å². The molecule has 1 N–H and O–H groups in total. The molecule has 0 bridgehead atoms. The highest BCUT2D eigenvalue weighted by molar-refractivity contribution is 7.95. The van der Waals surface area contributed by atoms with Crippen LogP contribution in [-0.4, -0.2) is 19.6 Å². The molecule has 0 aliphatic heterocycles. The average molecular weight is 294 g/mol. The van der Waals surface area contributed by atoms with Crippen LogP contribution in [0.5, 0.6) is 0 Å². The third kappa shape index (κ3) is 4.07. The van der Waals surface area contributed by atoms with Crippen molar-refractivity contribution < 1.29 is 13.5 Å². The van der Waals surface area contributed by atoms with Crippen LogP contribution in [0.2, 0.25) is 0 Å². The molecular formula is C16H22O3S. The minimum absolute atomic E-state index is 0.0387. The van der Waals surface area contributed by atoms with E-state index in [0.29, 0.717) is 12.8 Å². The smallest absolute Gasteiger partial charge is 0.212 e. The van der Waals surface area contributed by atoms with Gasteiger partial charge in [0.15, 0.2) is 0 Å². The maximum absolute atomic E-state index is 12.6. The first-order chi connectivity index (χ1) is 9.28. The third-order valence-electron chi connectivity index (χ3n) is 2.86. The summed E-state index contributed by atoms with van der Waals surface area (Å²) in [4.78, 5) is 0.158. The second-order valence-electron chi connectivity index (χ2n) is 5.11. The first kappa shape index (κ1) is 16.7. The van der Waals surface area contributed by atoms with Crippen LogP contribution in [0, 0.1) is 6.92 Å². The van der Waals surface area contributed by atoms with E-state index >= 15 is 0 Å². The Kier molecular flexibility index (Phi) is 5.75. The fraction of sp³-hybridized carbons (Fsp3) is 0.438. The van der Waals surface area contributed by atoms with E-state index < -0.39 is 15.9 Å². The molecule has 1 rings (SSSR count). The molecule has 0 saturated heterocycles. The Morgan fingerprint density at radius 1 is 1.25 bits per heavy atom. The van der Waals surface area contributed by atoms with Crippen molar-refractivity contribution in [3.63, 3.8) is 0 Å². The molecule has 4 heteroatoms. The van der Waals surface area contributed by atoms with E-state index in [4.69, 9.17) is 0 Å². The van der Waals surface area contributed by atoms with Gasteiger partial charge in [-0.05, 0) is 44.9 Å². The molecule has 0 heterocycles. The largest absolute Gasteiger partial charge is 0.387 e. The molecule has 0 amide bonds. The Bertz CT molecular complexity index is 614. The van der Waals surface area contributed by atoms with Gasteiger partial charge in [0.05, 0.1) is 11.0 Å². The lowest BCUT2D eigenvalue weighted by Crippen LogP contribution is -2.18. The molecule has 110 valence electrons. The second kappa shape index (κ2) is 6.89. The number of hydrogen-bond acceptors (Lipinski definition) is 3. The van der Waals surface area contributed by atoms with Crippen molar-refractivity contribution in [1.29, 1.82) is 0 Å². The Hall–Kier alpha value is -1.35. The molecule has 1 aromatic carbocycles. The summed E-state index contributed by atoms with van der Waals surface area (Å²) in [6.45, 7) is 7.34. The zero-order valence-corrected chi connectivity index (χ0v) is 13.3. The lowest BCUT2D eigenvalue weighted by atomic mass is 10.2. The highest BCUT2D eigenvalue weighted by atomic mass is 32.2. The van der Waals surface area contributed by atoms with Crippen LogP contribution in [0.25, 0.3) is 0 Å². The zero-order chi connectivity index (χ0) is 15.3. The van der Waals surface area contributed by atoms with E-state index in [9.17, 15) is 13.5 Å². The summed E-state index contributed by atoms with van der Waals surface area (Å²) < 4.78 is 25.2. The maximum atomic E-state index is 12.6. The van der Waals surface area contributed by atoms with Gasteiger partial charge in [-0.15, -0.1) is 5.73 Å². The Morgan fingerprint density at radius 3 is 2.25 bits per heavy atom. The fourth-order valence-electron chi connectivity index (χ4n) is 1.82. The van der Waals surface area contributed by atoms with E-state index in [2.05, 4.69) is 5.73 Å². The van der Waals surface area contributed by atoms with Crippen LogP contribution in [0.3, 0.4) is 0 Å². The number of aliphatic hydroxyl groups excluding tert-OH is 1. The molecule has 3 nitrogen and oxygen atoms in total. The SMILES string of the molecule is CCCC(O)C(=C=C(C)C)S(=O)(=O)c1ccc(C)cc1. The molecular weight excluding hydrogens is 272 g/mol. The van der Waals surface area contributed by atoms with Crippen molar-refractivity contribution in [2.45, 2.75) is 51.5 Å². The zero-order valence-electron chi connectivity index (χ0n) is 12.5. The topological polar surface area (TPSA) is 54.4 Å². The van der Waals surface area contributed by atoms with E-state index in [1.807, 2.05) is 13.8 Å². The molecule has 0 aliphatic carbocycles. The van der Waals surface area contributed by atoms with Gasteiger partial charge in [0.25, 0.3) is 0 Å². The molecule has 1 aromatic rings. The minimum Gasteiger partial charge on any atom is -0.387 e. The predicted octanol–water partition coefficient (Wildman–Crippen LogP) is 3.38. The summed E-state index contributed by atoms with van der Waals surface area (Å²) in [7, 11) is -3.70. The van der Waals surface area contributed by atoms with E-state index in [-0.39, 0.29) is 9.80 Å². The molecule has 0 spiro atoms. The molecule has 20 heavy (non-hydrogen) atoms. The number of aliphatic hydroxyl groups is 1. The summed E-state index contributed by atoms with van der Waals surface area (Å²) in [6, 6.07) is 6.63. The van der Waals surface area contributed by atoms with Gasteiger partial charge in [0.2, 0.25) is 9.84 Å². The van der Waals surface area contributed by atoms with Crippen LogP contribution >= 0.6 is 0 Å². The Labute approximate surface area is 121 Å². The molecule has 0 aromatic heterocycles. The van der Waals surface area contributed by atoms with Crippen molar-refractivity contribution >= 4 is 9.84 Å². The normalized spacial score (nSPS) is 12.7. The Morgan fingerprint density at radius 2 is 1.80 bits per heavy atom. The summed E-state index contributed by atoms with van der Waals surface area (Å²) in [5.41, 5.74) is 4.53. The number of sulfone groups is 1. The quantitative estimate of drug-likeness (QED) is 0.847. The van der Waals surface area contributed by atoms with Gasteiger partial charge in [0, 0.05) is 0 Å². The third-order valence-corrected chi connectivity index (χ3v) is 4.70. The van der Waals surface area contributed by atoms with Crippen molar-refractivity contribution in [2.75, 3.05) is 0 Å². The van der Waals surface area contributed by atoms with Gasteiger partial charge in [-0.1, -0.05) is 31.0 Å². The monoisotopic (exact) mass is 294 g/mol. The number of aryl methyl sites for hydroxylation is 1. The van der Waals surface area contributed by atoms with Crippen LogP contribution < -0.4 is 0 Å². The molecule has 0 fully saturated rings. The number of rotatable bonds is 5. The molecule has 0 aliphatic rings. The molecule has 0 radical (unpaired) electrons. The van der Waals surface area contributed by atoms with Gasteiger partial charge in [-0.25, -0.2) is 8.42 Å². The number of benzene rings is 1. The summed E-state index contributed by atoms with van der Waals surface area (Å²) in [6.07, 6.45) is 0.0976. The summed E-state index contributed by atoms with van der Waals surface area (Å²) >= 11 is 0. The van der Waals surface area contributed by atoms with E-state index in [0.717, 1.165) is 11.1 Å². The van der Waals surface area contributed by atoms with E-state index in [1.165, 1.54) is 0 Å². The fourth-order valence-corrected chi connectivity index (χ4v) is 3.39.